The fourth-order valence-electron chi connectivity index (χ4n) is 3.59. The number of hydrogen-bond donors (Lipinski definition) is 1. The highest BCUT2D eigenvalue weighted by molar-refractivity contribution is 5.36. The van der Waals surface area contributed by atoms with Gasteiger partial charge in [0, 0.05) is 25.2 Å². The first-order valence-electron chi connectivity index (χ1n) is 7.21. The van der Waals surface area contributed by atoms with Gasteiger partial charge in [0.05, 0.1) is 12.2 Å². The zero-order valence-electron chi connectivity index (χ0n) is 12.0. The van der Waals surface area contributed by atoms with Crippen LogP contribution in [0.5, 0.6) is 0 Å². The van der Waals surface area contributed by atoms with Crippen molar-refractivity contribution in [3.05, 3.63) is 35.4 Å². The molecule has 1 aliphatic heterocycles. The minimum absolute atomic E-state index is 0.0603. The molecule has 2 aliphatic rings. The van der Waals surface area contributed by atoms with Crippen LogP contribution in [0.4, 0.5) is 0 Å². The molecule has 1 saturated heterocycles. The average molecular weight is 260 g/mol. The summed E-state index contributed by atoms with van der Waals surface area (Å²) in [5.41, 5.74) is 9.17. The first-order chi connectivity index (χ1) is 9.05. The Morgan fingerprint density at radius 3 is 2.37 bits per heavy atom. The summed E-state index contributed by atoms with van der Waals surface area (Å²) in [5.74, 6) is 0. The minimum atomic E-state index is -0.0603. The van der Waals surface area contributed by atoms with Crippen LogP contribution >= 0.6 is 0 Å². The first kappa shape index (κ1) is 13.1. The summed E-state index contributed by atoms with van der Waals surface area (Å²) in [6.45, 7) is 7.84. The third-order valence-electron chi connectivity index (χ3n) is 4.63. The van der Waals surface area contributed by atoms with Gasteiger partial charge in [-0.1, -0.05) is 24.3 Å². The summed E-state index contributed by atoms with van der Waals surface area (Å²) in [5, 5.41) is 0. The van der Waals surface area contributed by atoms with E-state index in [1.165, 1.54) is 11.1 Å². The van der Waals surface area contributed by atoms with Crippen LogP contribution in [0.2, 0.25) is 0 Å². The molecule has 0 unspecified atom stereocenters. The van der Waals surface area contributed by atoms with Crippen LogP contribution in [0.1, 0.15) is 25.0 Å². The van der Waals surface area contributed by atoms with Crippen molar-refractivity contribution in [2.45, 2.75) is 37.8 Å². The molecule has 3 heteroatoms. The lowest BCUT2D eigenvalue weighted by atomic mass is 9.90. The Balaban J connectivity index is 1.86. The van der Waals surface area contributed by atoms with Crippen molar-refractivity contribution in [1.29, 1.82) is 0 Å². The number of ether oxygens (including phenoxy) is 1. The number of fused-ring (bicyclic) bond motifs is 1. The Hall–Kier alpha value is -0.900. The molecule has 1 aromatic rings. The maximum Gasteiger partial charge on any atom is 0.0753 e. The van der Waals surface area contributed by atoms with Crippen LogP contribution in [0.3, 0.4) is 0 Å². The molecular formula is C16H24N2O. The lowest BCUT2D eigenvalue weighted by Gasteiger charge is -2.47. The van der Waals surface area contributed by atoms with Gasteiger partial charge >= 0.3 is 0 Å². The third kappa shape index (κ3) is 2.31. The van der Waals surface area contributed by atoms with E-state index in [1.54, 1.807) is 0 Å². The van der Waals surface area contributed by atoms with Crippen LogP contribution in [0.15, 0.2) is 24.3 Å². The van der Waals surface area contributed by atoms with Gasteiger partial charge in [-0.15, -0.1) is 0 Å². The molecule has 0 saturated carbocycles. The predicted molar refractivity (Wildman–Crippen MR) is 77.2 cm³/mol. The van der Waals surface area contributed by atoms with E-state index in [1.807, 2.05) is 0 Å². The van der Waals surface area contributed by atoms with E-state index < -0.39 is 0 Å². The smallest absolute Gasteiger partial charge is 0.0753 e. The molecule has 0 amide bonds. The van der Waals surface area contributed by atoms with E-state index in [0.717, 1.165) is 39.1 Å². The lowest BCUT2D eigenvalue weighted by molar-refractivity contribution is -0.114. The first-order valence-corrected chi connectivity index (χ1v) is 7.21. The summed E-state index contributed by atoms with van der Waals surface area (Å²) < 4.78 is 5.84. The maximum atomic E-state index is 6.19. The van der Waals surface area contributed by atoms with Crippen LogP contribution in [-0.2, 0) is 17.6 Å². The largest absolute Gasteiger partial charge is 0.373 e. The highest BCUT2D eigenvalue weighted by Crippen LogP contribution is 2.36. The second-order valence-electron chi connectivity index (χ2n) is 6.58. The Bertz CT molecular complexity index is 445. The molecule has 2 N–H and O–H groups in total. The summed E-state index contributed by atoms with van der Waals surface area (Å²) in [4.78, 5) is 2.57. The predicted octanol–water partition coefficient (Wildman–Crippen LogP) is 1.59. The maximum absolute atomic E-state index is 6.19. The molecule has 104 valence electrons. The van der Waals surface area contributed by atoms with Crippen LogP contribution in [0, 0.1) is 0 Å². The second-order valence-corrected chi connectivity index (χ2v) is 6.58. The number of rotatable bonds is 2. The van der Waals surface area contributed by atoms with Gasteiger partial charge < -0.3 is 10.5 Å². The van der Waals surface area contributed by atoms with E-state index in [0.29, 0.717) is 0 Å². The SMILES string of the molecule is CC1(C)CN(C2(CN)Cc3ccccc3C2)CCO1. The summed E-state index contributed by atoms with van der Waals surface area (Å²) in [6, 6.07) is 8.76. The number of hydrogen-bond acceptors (Lipinski definition) is 3. The van der Waals surface area contributed by atoms with Gasteiger partial charge in [-0.05, 0) is 37.8 Å². The van der Waals surface area contributed by atoms with Crippen molar-refractivity contribution in [2.75, 3.05) is 26.2 Å². The molecule has 1 heterocycles. The minimum Gasteiger partial charge on any atom is -0.373 e. The monoisotopic (exact) mass is 260 g/mol. The van der Waals surface area contributed by atoms with E-state index in [-0.39, 0.29) is 11.1 Å². The molecule has 3 nitrogen and oxygen atoms in total. The normalized spacial score (nSPS) is 25.2. The van der Waals surface area contributed by atoms with Gasteiger partial charge in [0.1, 0.15) is 0 Å². The van der Waals surface area contributed by atoms with Gasteiger partial charge in [0.15, 0.2) is 0 Å². The Morgan fingerprint density at radius 2 is 1.84 bits per heavy atom. The second kappa shape index (κ2) is 4.58. The van der Waals surface area contributed by atoms with Crippen LogP contribution < -0.4 is 5.73 Å². The van der Waals surface area contributed by atoms with Crippen LogP contribution in [0.25, 0.3) is 0 Å². The van der Waals surface area contributed by atoms with E-state index >= 15 is 0 Å². The highest BCUT2D eigenvalue weighted by Gasteiger charge is 2.44. The van der Waals surface area contributed by atoms with E-state index in [9.17, 15) is 0 Å². The molecule has 0 atom stereocenters. The number of nitrogens with two attached hydrogens (primary N) is 1. The fourth-order valence-corrected chi connectivity index (χ4v) is 3.59. The fraction of sp³-hybridized carbons (Fsp3) is 0.625. The molecule has 3 rings (SSSR count). The Kier molecular flexibility index (Phi) is 3.16. The third-order valence-corrected chi connectivity index (χ3v) is 4.63. The van der Waals surface area contributed by atoms with Crippen molar-refractivity contribution in [1.82, 2.24) is 4.90 Å². The van der Waals surface area contributed by atoms with Crippen LogP contribution in [-0.4, -0.2) is 42.3 Å². The molecule has 1 aromatic carbocycles. The Labute approximate surface area is 115 Å². The molecule has 0 radical (unpaired) electrons. The average Bonchev–Trinajstić information content (AvgIpc) is 2.77. The molecule has 0 spiro atoms. The summed E-state index contributed by atoms with van der Waals surface area (Å²) in [7, 11) is 0. The summed E-state index contributed by atoms with van der Waals surface area (Å²) in [6.07, 6.45) is 2.16. The number of nitrogens with zero attached hydrogens (tertiary/aromatic N) is 1. The van der Waals surface area contributed by atoms with Crippen molar-refractivity contribution in [3.8, 4) is 0 Å². The van der Waals surface area contributed by atoms with Gasteiger partial charge in [-0.2, -0.15) is 0 Å². The molecular weight excluding hydrogens is 236 g/mol. The van der Waals surface area contributed by atoms with Gasteiger partial charge in [-0.3, -0.25) is 4.90 Å². The van der Waals surface area contributed by atoms with Crippen molar-refractivity contribution in [3.63, 3.8) is 0 Å². The number of morpholine rings is 1. The van der Waals surface area contributed by atoms with Crippen molar-refractivity contribution < 1.29 is 4.74 Å². The standard InChI is InChI=1S/C16H24N2O/c1-15(2)12-18(7-8-19-15)16(11-17)9-13-5-3-4-6-14(13)10-16/h3-6H,7-12,17H2,1-2H3. The molecule has 1 aliphatic carbocycles. The topological polar surface area (TPSA) is 38.5 Å². The van der Waals surface area contributed by atoms with Crippen molar-refractivity contribution >= 4 is 0 Å². The van der Waals surface area contributed by atoms with E-state index in [2.05, 4.69) is 43.0 Å². The van der Waals surface area contributed by atoms with Gasteiger partial charge in [-0.25, -0.2) is 0 Å². The molecule has 19 heavy (non-hydrogen) atoms. The molecule has 0 bridgehead atoms. The quantitative estimate of drug-likeness (QED) is 0.877. The Morgan fingerprint density at radius 1 is 1.21 bits per heavy atom. The van der Waals surface area contributed by atoms with Gasteiger partial charge in [0.25, 0.3) is 0 Å². The van der Waals surface area contributed by atoms with E-state index in [4.69, 9.17) is 10.5 Å². The van der Waals surface area contributed by atoms with Crippen molar-refractivity contribution in [2.24, 2.45) is 5.73 Å². The number of benzene rings is 1. The molecule has 1 fully saturated rings. The highest BCUT2D eigenvalue weighted by atomic mass is 16.5. The zero-order valence-corrected chi connectivity index (χ0v) is 12.0. The van der Waals surface area contributed by atoms with Gasteiger partial charge in [0.2, 0.25) is 0 Å². The summed E-state index contributed by atoms with van der Waals surface area (Å²) >= 11 is 0. The lowest BCUT2D eigenvalue weighted by Crippen LogP contribution is -2.62. The zero-order chi connectivity index (χ0) is 13.5. The molecule has 0 aromatic heterocycles.